The Morgan fingerprint density at radius 3 is 1.89 bits per heavy atom. The van der Waals surface area contributed by atoms with Crippen molar-refractivity contribution < 1.29 is 9.59 Å². The summed E-state index contributed by atoms with van der Waals surface area (Å²) in [6.45, 7) is 3.45. The highest BCUT2D eigenvalue weighted by Gasteiger charge is 2.39. The number of ketones is 1. The second-order valence-electron chi connectivity index (χ2n) is 5.04. The lowest BCUT2D eigenvalue weighted by Gasteiger charge is -2.38. The largest absolute Gasteiger partial charge is 0.299 e. The Hall–Kier alpha value is -0.240. The van der Waals surface area contributed by atoms with Gasteiger partial charge in [-0.05, 0) is 21.0 Å². The summed E-state index contributed by atoms with van der Waals surface area (Å²) in [7, 11) is 4.08. The standard InChI is InChI=1S/C12H21N3O2S2/c1-9(16)8-10(17)15(11-13(2)4-6-18-11)12-14(3)5-7-19-12/h11-12H,4-8H2,1-3H3. The summed E-state index contributed by atoms with van der Waals surface area (Å²) in [6.07, 6.45) is 0.00972. The average molecular weight is 303 g/mol. The molecule has 108 valence electrons. The number of hydrogen-bond donors (Lipinski definition) is 0. The second kappa shape index (κ2) is 6.47. The van der Waals surface area contributed by atoms with Crippen LogP contribution in [0.1, 0.15) is 13.3 Å². The van der Waals surface area contributed by atoms with Crippen molar-refractivity contribution in [2.75, 3.05) is 38.7 Å². The number of hydrogen-bond acceptors (Lipinski definition) is 6. The van der Waals surface area contributed by atoms with E-state index in [2.05, 4.69) is 9.80 Å². The maximum absolute atomic E-state index is 12.4. The number of carbonyl (C=O) groups is 2. The summed E-state index contributed by atoms with van der Waals surface area (Å²) < 4.78 is 0. The molecule has 0 radical (unpaired) electrons. The van der Waals surface area contributed by atoms with Gasteiger partial charge < -0.3 is 0 Å². The van der Waals surface area contributed by atoms with Crippen LogP contribution in [0.5, 0.6) is 0 Å². The van der Waals surface area contributed by atoms with Gasteiger partial charge in [0.2, 0.25) is 5.91 Å². The molecule has 0 bridgehead atoms. The lowest BCUT2D eigenvalue weighted by molar-refractivity contribution is -0.140. The van der Waals surface area contributed by atoms with Crippen molar-refractivity contribution in [3.8, 4) is 0 Å². The molecule has 2 rings (SSSR count). The van der Waals surface area contributed by atoms with Gasteiger partial charge in [-0.1, -0.05) is 0 Å². The van der Waals surface area contributed by atoms with E-state index >= 15 is 0 Å². The number of carbonyl (C=O) groups excluding carboxylic acids is 2. The molecule has 0 aliphatic carbocycles. The molecule has 2 aliphatic rings. The van der Waals surface area contributed by atoms with E-state index in [-0.39, 0.29) is 29.1 Å². The molecule has 0 N–H and O–H groups in total. The first-order chi connectivity index (χ1) is 9.00. The van der Waals surface area contributed by atoms with Crippen LogP contribution in [0.3, 0.4) is 0 Å². The first kappa shape index (κ1) is 15.2. The van der Waals surface area contributed by atoms with E-state index in [1.165, 1.54) is 6.92 Å². The topological polar surface area (TPSA) is 43.9 Å². The Labute approximate surface area is 123 Å². The quantitative estimate of drug-likeness (QED) is 0.713. The van der Waals surface area contributed by atoms with Crippen molar-refractivity contribution in [1.82, 2.24) is 14.7 Å². The fourth-order valence-electron chi connectivity index (χ4n) is 2.32. The molecule has 1 amide bonds. The van der Waals surface area contributed by atoms with Crippen molar-refractivity contribution >= 4 is 35.2 Å². The SMILES string of the molecule is CC(=O)CC(=O)N(C1SCCN1C)C1SCCN1C. The third-order valence-electron chi connectivity index (χ3n) is 3.34. The van der Waals surface area contributed by atoms with Crippen molar-refractivity contribution in [1.29, 1.82) is 0 Å². The van der Waals surface area contributed by atoms with E-state index in [4.69, 9.17) is 0 Å². The molecule has 7 heteroatoms. The smallest absolute Gasteiger partial charge is 0.233 e. The van der Waals surface area contributed by atoms with Gasteiger partial charge in [0.15, 0.2) is 0 Å². The zero-order valence-electron chi connectivity index (χ0n) is 11.7. The molecule has 2 aliphatic heterocycles. The van der Waals surface area contributed by atoms with Gasteiger partial charge in [0.05, 0.1) is 6.42 Å². The molecular formula is C12H21N3O2S2. The molecular weight excluding hydrogens is 282 g/mol. The van der Waals surface area contributed by atoms with Crippen LogP contribution in [-0.2, 0) is 9.59 Å². The predicted octanol–water partition coefficient (Wildman–Crippen LogP) is 0.718. The van der Waals surface area contributed by atoms with Gasteiger partial charge in [0.1, 0.15) is 16.8 Å². The minimum Gasteiger partial charge on any atom is -0.299 e. The van der Waals surface area contributed by atoms with Crippen molar-refractivity contribution in [2.24, 2.45) is 0 Å². The van der Waals surface area contributed by atoms with Crippen LogP contribution >= 0.6 is 23.5 Å². The van der Waals surface area contributed by atoms with Crippen LogP contribution in [-0.4, -0.2) is 76.1 Å². The van der Waals surface area contributed by atoms with E-state index < -0.39 is 0 Å². The van der Waals surface area contributed by atoms with E-state index in [0.717, 1.165) is 24.6 Å². The first-order valence-corrected chi connectivity index (χ1v) is 8.54. The molecule has 0 aromatic heterocycles. The fraction of sp³-hybridized carbons (Fsp3) is 0.833. The summed E-state index contributed by atoms with van der Waals surface area (Å²) >= 11 is 3.57. The van der Waals surface area contributed by atoms with Crippen molar-refractivity contribution in [3.05, 3.63) is 0 Å². The summed E-state index contributed by atoms with van der Waals surface area (Å²) in [5.41, 5.74) is 0.120. The van der Waals surface area contributed by atoms with Gasteiger partial charge in [-0.3, -0.25) is 24.3 Å². The minimum atomic E-state index is -0.0636. The van der Waals surface area contributed by atoms with E-state index in [0.29, 0.717) is 0 Å². The number of amides is 1. The highest BCUT2D eigenvalue weighted by atomic mass is 32.2. The molecule has 5 nitrogen and oxygen atoms in total. The summed E-state index contributed by atoms with van der Waals surface area (Å²) in [5, 5.41) is 0. The molecule has 0 spiro atoms. The fourth-order valence-corrected chi connectivity index (χ4v) is 5.12. The highest BCUT2D eigenvalue weighted by Crippen LogP contribution is 2.34. The summed E-state index contributed by atoms with van der Waals surface area (Å²) in [4.78, 5) is 30.0. The molecule has 0 saturated carbocycles. The molecule has 0 aromatic rings. The maximum Gasteiger partial charge on any atom is 0.233 e. The third-order valence-corrected chi connectivity index (χ3v) is 5.95. The number of thioether (sulfide) groups is 2. The molecule has 19 heavy (non-hydrogen) atoms. The van der Waals surface area contributed by atoms with Crippen LogP contribution in [0.25, 0.3) is 0 Å². The molecule has 2 heterocycles. The Morgan fingerprint density at radius 2 is 1.58 bits per heavy atom. The molecule has 2 unspecified atom stereocenters. The Morgan fingerprint density at radius 1 is 1.11 bits per heavy atom. The van der Waals surface area contributed by atoms with Gasteiger partial charge in [0.25, 0.3) is 0 Å². The predicted molar refractivity (Wildman–Crippen MR) is 79.9 cm³/mol. The van der Waals surface area contributed by atoms with Gasteiger partial charge in [-0.15, -0.1) is 23.5 Å². The van der Waals surface area contributed by atoms with Crippen LogP contribution in [0.2, 0.25) is 0 Å². The van der Waals surface area contributed by atoms with Gasteiger partial charge >= 0.3 is 0 Å². The Kier molecular flexibility index (Phi) is 5.16. The van der Waals surface area contributed by atoms with Gasteiger partial charge in [-0.2, -0.15) is 0 Å². The van der Waals surface area contributed by atoms with Crippen LogP contribution in [0.4, 0.5) is 0 Å². The van der Waals surface area contributed by atoms with E-state index in [1.54, 1.807) is 23.5 Å². The monoisotopic (exact) mass is 303 g/mol. The van der Waals surface area contributed by atoms with E-state index in [1.807, 2.05) is 19.0 Å². The van der Waals surface area contributed by atoms with Crippen molar-refractivity contribution in [3.63, 3.8) is 0 Å². The maximum atomic E-state index is 12.4. The second-order valence-corrected chi connectivity index (χ2v) is 7.36. The lowest BCUT2D eigenvalue weighted by atomic mass is 10.3. The highest BCUT2D eigenvalue weighted by molar-refractivity contribution is 8.00. The Bertz CT molecular complexity index is 347. The lowest BCUT2D eigenvalue weighted by Crippen LogP contribution is -2.53. The summed E-state index contributed by atoms with van der Waals surface area (Å²) in [6, 6.07) is 0. The molecule has 2 fully saturated rings. The van der Waals surface area contributed by atoms with Gasteiger partial charge in [0, 0.05) is 24.6 Å². The number of nitrogens with zero attached hydrogens (tertiary/aromatic N) is 3. The number of Topliss-reactive ketones (excluding diaryl/α,β-unsaturated/α-hetero) is 1. The Balaban J connectivity index is 2.17. The zero-order valence-corrected chi connectivity index (χ0v) is 13.3. The molecule has 0 aromatic carbocycles. The molecule has 2 saturated heterocycles. The normalized spacial score (nSPS) is 28.8. The number of rotatable bonds is 4. The van der Waals surface area contributed by atoms with E-state index in [9.17, 15) is 9.59 Å². The summed E-state index contributed by atoms with van der Waals surface area (Å²) in [5.74, 6) is 1.95. The zero-order chi connectivity index (χ0) is 14.0. The van der Waals surface area contributed by atoms with Crippen LogP contribution in [0.15, 0.2) is 0 Å². The first-order valence-electron chi connectivity index (χ1n) is 6.45. The third kappa shape index (κ3) is 3.45. The van der Waals surface area contributed by atoms with Crippen LogP contribution in [0, 0.1) is 0 Å². The van der Waals surface area contributed by atoms with Crippen LogP contribution < -0.4 is 0 Å². The van der Waals surface area contributed by atoms with Gasteiger partial charge in [-0.25, -0.2) is 0 Å². The average Bonchev–Trinajstić information content (AvgIpc) is 2.90. The van der Waals surface area contributed by atoms with Crippen molar-refractivity contribution in [2.45, 2.75) is 24.3 Å². The minimum absolute atomic E-state index is 0.00972. The molecule has 2 atom stereocenters.